The Balaban J connectivity index is 2.04. The van der Waals surface area contributed by atoms with E-state index in [4.69, 9.17) is 4.74 Å². The summed E-state index contributed by atoms with van der Waals surface area (Å²) in [4.78, 5) is 26.3. The molecule has 0 atom stereocenters. The van der Waals surface area contributed by atoms with E-state index >= 15 is 0 Å². The molecule has 0 amide bonds. The van der Waals surface area contributed by atoms with E-state index in [0.717, 1.165) is 13.1 Å². The molecule has 0 saturated carbocycles. The molecule has 116 valence electrons. The molecule has 1 fully saturated rings. The van der Waals surface area contributed by atoms with Gasteiger partial charge in [0, 0.05) is 25.9 Å². The van der Waals surface area contributed by atoms with Gasteiger partial charge < -0.3 is 19.7 Å². The number of esters is 1. The summed E-state index contributed by atoms with van der Waals surface area (Å²) < 4.78 is 9.94. The zero-order chi connectivity index (χ0) is 15.1. The average Bonchev–Trinajstić information content (AvgIpc) is 2.55. The Morgan fingerprint density at radius 3 is 2.81 bits per heavy atom. The van der Waals surface area contributed by atoms with Crippen LogP contribution in [0.2, 0.25) is 0 Å². The first kappa shape index (κ1) is 15.8. The number of thioether (sulfide) groups is 1. The number of rotatable bonds is 6. The van der Waals surface area contributed by atoms with Crippen molar-refractivity contribution in [3.8, 4) is 0 Å². The average molecular weight is 313 g/mol. The second kappa shape index (κ2) is 7.99. The van der Waals surface area contributed by atoms with Crippen molar-refractivity contribution in [2.24, 2.45) is 0 Å². The summed E-state index contributed by atoms with van der Waals surface area (Å²) in [5, 5.41) is 3.53. The third-order valence-electron chi connectivity index (χ3n) is 2.89. The van der Waals surface area contributed by atoms with E-state index in [1.54, 1.807) is 7.05 Å². The Kier molecular flexibility index (Phi) is 6.00. The van der Waals surface area contributed by atoms with Gasteiger partial charge in [-0.25, -0.2) is 0 Å². The van der Waals surface area contributed by atoms with Crippen LogP contribution in [0.4, 0.5) is 11.9 Å². The van der Waals surface area contributed by atoms with Gasteiger partial charge in [-0.05, 0) is 0 Å². The van der Waals surface area contributed by atoms with E-state index in [9.17, 15) is 4.79 Å². The fraction of sp³-hybridized carbons (Fsp3) is 0.667. The third kappa shape index (κ3) is 4.71. The quantitative estimate of drug-likeness (QED) is 0.592. The van der Waals surface area contributed by atoms with Crippen LogP contribution in [0.1, 0.15) is 6.42 Å². The summed E-state index contributed by atoms with van der Waals surface area (Å²) in [5.41, 5.74) is 0. The SMILES string of the molecule is CNc1nc(SCCC(=O)OC)nc(N2CCOCC2)n1. The van der Waals surface area contributed by atoms with Crippen molar-refractivity contribution in [1.29, 1.82) is 0 Å². The minimum atomic E-state index is -0.237. The maximum Gasteiger partial charge on any atom is 0.306 e. The lowest BCUT2D eigenvalue weighted by molar-refractivity contribution is -0.140. The highest BCUT2D eigenvalue weighted by Crippen LogP contribution is 2.20. The van der Waals surface area contributed by atoms with Gasteiger partial charge >= 0.3 is 5.97 Å². The molecule has 0 aliphatic carbocycles. The van der Waals surface area contributed by atoms with Crippen LogP contribution in [0, 0.1) is 0 Å². The van der Waals surface area contributed by atoms with Gasteiger partial charge in [-0.15, -0.1) is 0 Å². The van der Waals surface area contributed by atoms with E-state index in [0.29, 0.717) is 42.4 Å². The predicted molar refractivity (Wildman–Crippen MR) is 79.8 cm³/mol. The number of hydrogen-bond donors (Lipinski definition) is 1. The van der Waals surface area contributed by atoms with Crippen LogP contribution < -0.4 is 10.2 Å². The molecule has 0 aromatic carbocycles. The first-order chi connectivity index (χ1) is 10.2. The molecule has 8 nitrogen and oxygen atoms in total. The zero-order valence-corrected chi connectivity index (χ0v) is 13.0. The summed E-state index contributed by atoms with van der Waals surface area (Å²) in [6.07, 6.45) is 0.328. The number of ether oxygens (including phenoxy) is 2. The van der Waals surface area contributed by atoms with Crippen LogP contribution in [0.25, 0.3) is 0 Å². The lowest BCUT2D eigenvalue weighted by Crippen LogP contribution is -2.37. The van der Waals surface area contributed by atoms with Gasteiger partial charge in [-0.2, -0.15) is 15.0 Å². The number of methoxy groups -OCH3 is 1. The molecule has 1 aliphatic heterocycles. The third-order valence-corrected chi connectivity index (χ3v) is 3.73. The lowest BCUT2D eigenvalue weighted by atomic mass is 10.4. The highest BCUT2D eigenvalue weighted by Gasteiger charge is 2.16. The van der Waals surface area contributed by atoms with E-state index in [1.807, 2.05) is 0 Å². The zero-order valence-electron chi connectivity index (χ0n) is 12.2. The Morgan fingerprint density at radius 2 is 2.14 bits per heavy atom. The summed E-state index contributed by atoms with van der Waals surface area (Å²) >= 11 is 1.41. The number of carbonyl (C=O) groups is 1. The molecule has 1 aliphatic rings. The Labute approximate surface area is 127 Å². The number of carbonyl (C=O) groups excluding carboxylic acids is 1. The normalized spacial score (nSPS) is 14.9. The maximum atomic E-state index is 11.1. The summed E-state index contributed by atoms with van der Waals surface area (Å²) in [5.74, 6) is 1.49. The summed E-state index contributed by atoms with van der Waals surface area (Å²) in [6, 6.07) is 0. The molecule has 1 aromatic heterocycles. The predicted octanol–water partition coefficient (Wildman–Crippen LogP) is 0.405. The van der Waals surface area contributed by atoms with Crippen molar-refractivity contribution < 1.29 is 14.3 Å². The van der Waals surface area contributed by atoms with Crippen LogP contribution >= 0.6 is 11.8 Å². The molecule has 1 saturated heterocycles. The molecule has 9 heteroatoms. The van der Waals surface area contributed by atoms with Crippen LogP contribution in [0.5, 0.6) is 0 Å². The van der Waals surface area contributed by atoms with E-state index in [1.165, 1.54) is 18.9 Å². The van der Waals surface area contributed by atoms with Crippen molar-refractivity contribution >= 4 is 29.6 Å². The highest BCUT2D eigenvalue weighted by molar-refractivity contribution is 7.99. The maximum absolute atomic E-state index is 11.1. The second-order valence-electron chi connectivity index (χ2n) is 4.27. The number of nitrogens with zero attached hydrogens (tertiary/aromatic N) is 4. The van der Waals surface area contributed by atoms with Crippen molar-refractivity contribution in [2.75, 3.05) is 56.4 Å². The first-order valence-electron chi connectivity index (χ1n) is 6.69. The minimum Gasteiger partial charge on any atom is -0.469 e. The molecule has 1 aromatic rings. The minimum absolute atomic E-state index is 0.237. The number of anilines is 2. The molecule has 0 spiro atoms. The highest BCUT2D eigenvalue weighted by atomic mass is 32.2. The Hall–Kier alpha value is -1.61. The van der Waals surface area contributed by atoms with Crippen LogP contribution in [-0.2, 0) is 14.3 Å². The molecule has 1 N–H and O–H groups in total. The Bertz CT molecular complexity index is 482. The molecule has 2 rings (SSSR count). The van der Waals surface area contributed by atoms with Gasteiger partial charge in [0.2, 0.25) is 11.9 Å². The number of morpholine rings is 1. The monoisotopic (exact) mass is 313 g/mol. The van der Waals surface area contributed by atoms with Crippen molar-refractivity contribution in [1.82, 2.24) is 15.0 Å². The largest absolute Gasteiger partial charge is 0.469 e. The second-order valence-corrected chi connectivity index (χ2v) is 5.33. The molecular weight excluding hydrogens is 294 g/mol. The summed E-state index contributed by atoms with van der Waals surface area (Å²) in [7, 11) is 3.15. The lowest BCUT2D eigenvalue weighted by Gasteiger charge is -2.26. The molecule has 21 heavy (non-hydrogen) atoms. The molecular formula is C12H19N5O3S. The van der Waals surface area contributed by atoms with E-state index in [2.05, 4.69) is 29.9 Å². The fourth-order valence-electron chi connectivity index (χ4n) is 1.75. The van der Waals surface area contributed by atoms with Crippen LogP contribution in [-0.4, -0.2) is 67.1 Å². The van der Waals surface area contributed by atoms with Crippen molar-refractivity contribution in [3.63, 3.8) is 0 Å². The topological polar surface area (TPSA) is 89.5 Å². The molecule has 2 heterocycles. The first-order valence-corrected chi connectivity index (χ1v) is 7.67. The Morgan fingerprint density at radius 1 is 1.38 bits per heavy atom. The van der Waals surface area contributed by atoms with Gasteiger partial charge in [0.1, 0.15) is 0 Å². The van der Waals surface area contributed by atoms with Crippen molar-refractivity contribution in [2.45, 2.75) is 11.6 Å². The molecule has 0 bridgehead atoms. The molecule has 0 unspecified atom stereocenters. The van der Waals surface area contributed by atoms with Gasteiger partial charge in [-0.1, -0.05) is 11.8 Å². The fourth-order valence-corrected chi connectivity index (χ4v) is 2.50. The van der Waals surface area contributed by atoms with E-state index in [-0.39, 0.29) is 5.97 Å². The smallest absolute Gasteiger partial charge is 0.306 e. The van der Waals surface area contributed by atoms with Gasteiger partial charge in [0.25, 0.3) is 0 Å². The van der Waals surface area contributed by atoms with E-state index < -0.39 is 0 Å². The van der Waals surface area contributed by atoms with Crippen LogP contribution in [0.3, 0.4) is 0 Å². The number of aromatic nitrogens is 3. The van der Waals surface area contributed by atoms with Gasteiger partial charge in [0.05, 0.1) is 26.7 Å². The standard InChI is InChI=1S/C12H19N5O3S/c1-13-10-14-11(17-4-6-20-7-5-17)16-12(15-10)21-8-3-9(18)19-2/h3-8H2,1-2H3,(H,13,14,15,16). The summed E-state index contributed by atoms with van der Waals surface area (Å²) in [6.45, 7) is 2.87. The molecule has 0 radical (unpaired) electrons. The van der Waals surface area contributed by atoms with Crippen LogP contribution in [0.15, 0.2) is 5.16 Å². The van der Waals surface area contributed by atoms with Crippen molar-refractivity contribution in [3.05, 3.63) is 0 Å². The number of nitrogens with one attached hydrogen (secondary N) is 1. The number of hydrogen-bond acceptors (Lipinski definition) is 9. The van der Waals surface area contributed by atoms with Gasteiger partial charge in [-0.3, -0.25) is 4.79 Å². The van der Waals surface area contributed by atoms with Gasteiger partial charge in [0.15, 0.2) is 5.16 Å².